The molecule has 2 aromatic rings. The molecule has 0 spiro atoms. The van der Waals surface area contributed by atoms with Gasteiger partial charge >= 0.3 is 0 Å². The molecule has 0 aliphatic carbocycles. The van der Waals surface area contributed by atoms with Gasteiger partial charge in [-0.3, -0.25) is 9.59 Å². The van der Waals surface area contributed by atoms with Gasteiger partial charge in [0.25, 0.3) is 11.8 Å². The van der Waals surface area contributed by atoms with Crippen LogP contribution < -0.4 is 5.32 Å². The summed E-state index contributed by atoms with van der Waals surface area (Å²) in [5.41, 5.74) is 1.04. The van der Waals surface area contributed by atoms with Gasteiger partial charge in [0.15, 0.2) is 5.01 Å². The van der Waals surface area contributed by atoms with E-state index >= 15 is 0 Å². The number of thiophene rings is 1. The lowest BCUT2D eigenvalue weighted by Gasteiger charge is -2.20. The lowest BCUT2D eigenvalue weighted by atomic mass is 10.2. The van der Waals surface area contributed by atoms with E-state index in [0.29, 0.717) is 27.3 Å². The summed E-state index contributed by atoms with van der Waals surface area (Å²) >= 11 is 8.61. The highest BCUT2D eigenvalue weighted by Crippen LogP contribution is 2.27. The number of hydrogen-bond acceptors (Lipinski definition) is 7. The van der Waals surface area contributed by atoms with E-state index in [1.165, 1.54) is 27.6 Å². The fourth-order valence-corrected chi connectivity index (χ4v) is 5.65. The number of likely N-dealkylation sites (tertiary alicyclic amines) is 1. The fraction of sp³-hybridized carbons (Fsp3) is 0.500. The van der Waals surface area contributed by atoms with E-state index in [-0.39, 0.29) is 24.0 Å². The molecule has 2 aliphatic heterocycles. The zero-order valence-corrected chi connectivity index (χ0v) is 18.0. The number of carbonyl (C=O) groups excluding carboxylic acids is 2. The van der Waals surface area contributed by atoms with E-state index in [1.54, 1.807) is 24.1 Å². The van der Waals surface area contributed by atoms with Crippen LogP contribution in [-0.2, 0) is 17.7 Å². The SMILES string of the molecule is CO[C@H]1CN(C(=O)c2nc3c(s2)CN(C)CC3)CC1NC(=O)c1ccc(Cl)s1. The van der Waals surface area contributed by atoms with Gasteiger partial charge in [0.05, 0.1) is 27.1 Å². The highest BCUT2D eigenvalue weighted by Gasteiger charge is 2.38. The number of halogens is 1. The number of amides is 2. The maximum absolute atomic E-state index is 13.0. The second-order valence-corrected chi connectivity index (χ2v) is 9.84. The van der Waals surface area contributed by atoms with Crippen molar-refractivity contribution in [3.63, 3.8) is 0 Å². The van der Waals surface area contributed by atoms with Crippen LogP contribution in [0.3, 0.4) is 0 Å². The minimum Gasteiger partial charge on any atom is -0.377 e. The first-order valence-electron chi connectivity index (χ1n) is 9.00. The van der Waals surface area contributed by atoms with Gasteiger partial charge < -0.3 is 19.9 Å². The van der Waals surface area contributed by atoms with Crippen LogP contribution in [0.4, 0.5) is 0 Å². The van der Waals surface area contributed by atoms with Crippen LogP contribution in [0, 0.1) is 0 Å². The van der Waals surface area contributed by atoms with Gasteiger partial charge in [0.2, 0.25) is 0 Å². The number of nitrogens with zero attached hydrogens (tertiary/aromatic N) is 3. The molecule has 0 radical (unpaired) electrons. The number of carbonyl (C=O) groups is 2. The Bertz CT molecular complexity index is 899. The summed E-state index contributed by atoms with van der Waals surface area (Å²) in [7, 11) is 3.67. The second kappa shape index (κ2) is 8.08. The van der Waals surface area contributed by atoms with E-state index in [9.17, 15) is 9.59 Å². The van der Waals surface area contributed by atoms with Crippen molar-refractivity contribution < 1.29 is 14.3 Å². The third kappa shape index (κ3) is 3.95. The molecule has 0 saturated carbocycles. The van der Waals surface area contributed by atoms with Gasteiger partial charge in [-0.15, -0.1) is 22.7 Å². The lowest BCUT2D eigenvalue weighted by Crippen LogP contribution is -2.43. The molecule has 0 aromatic carbocycles. The molecule has 1 saturated heterocycles. The van der Waals surface area contributed by atoms with Crippen LogP contribution in [-0.4, -0.2) is 72.5 Å². The van der Waals surface area contributed by atoms with Crippen molar-refractivity contribution in [3.8, 4) is 0 Å². The van der Waals surface area contributed by atoms with Crippen LogP contribution in [0.5, 0.6) is 0 Å². The van der Waals surface area contributed by atoms with Crippen molar-refractivity contribution in [2.75, 3.05) is 33.8 Å². The number of thiazole rings is 1. The smallest absolute Gasteiger partial charge is 0.283 e. The van der Waals surface area contributed by atoms with Crippen LogP contribution >= 0.6 is 34.3 Å². The highest BCUT2D eigenvalue weighted by atomic mass is 35.5. The fourth-order valence-electron chi connectivity index (χ4n) is 3.54. The van der Waals surface area contributed by atoms with Gasteiger partial charge in [0.1, 0.15) is 0 Å². The molecule has 4 rings (SSSR count). The quantitative estimate of drug-likeness (QED) is 0.788. The first-order valence-corrected chi connectivity index (χ1v) is 11.0. The Morgan fingerprint density at radius 1 is 1.32 bits per heavy atom. The highest BCUT2D eigenvalue weighted by molar-refractivity contribution is 7.18. The Labute approximate surface area is 176 Å². The largest absolute Gasteiger partial charge is 0.377 e. The number of ether oxygens (including phenoxy) is 1. The van der Waals surface area contributed by atoms with Crippen molar-refractivity contribution in [1.29, 1.82) is 0 Å². The van der Waals surface area contributed by atoms with E-state index in [0.717, 1.165) is 25.2 Å². The van der Waals surface area contributed by atoms with Gasteiger partial charge in [-0.25, -0.2) is 4.98 Å². The van der Waals surface area contributed by atoms with Crippen molar-refractivity contribution >= 4 is 46.1 Å². The van der Waals surface area contributed by atoms with E-state index in [2.05, 4.69) is 22.2 Å². The van der Waals surface area contributed by atoms with Gasteiger partial charge in [0, 0.05) is 44.6 Å². The van der Waals surface area contributed by atoms with Crippen molar-refractivity contribution in [2.45, 2.75) is 25.1 Å². The standard InChI is InChI=1S/C18H21ClN4O3S2/c1-22-6-5-10-14(9-22)28-17(21-10)18(25)23-7-11(12(8-23)26-2)20-16(24)13-3-4-15(19)27-13/h3-4,11-12H,5-9H2,1-2H3,(H,20,24)/t11?,12-/m0/s1. The number of aromatic nitrogens is 1. The molecule has 1 unspecified atom stereocenters. The summed E-state index contributed by atoms with van der Waals surface area (Å²) in [4.78, 5) is 35.7. The molecule has 2 aromatic heterocycles. The zero-order valence-electron chi connectivity index (χ0n) is 15.6. The summed E-state index contributed by atoms with van der Waals surface area (Å²) in [5.74, 6) is -0.300. The first-order chi connectivity index (χ1) is 13.4. The number of nitrogens with one attached hydrogen (secondary N) is 1. The molecule has 0 bridgehead atoms. The molecule has 7 nitrogen and oxygen atoms in total. The minimum atomic E-state index is -0.275. The average Bonchev–Trinajstić information content (AvgIpc) is 3.38. The van der Waals surface area contributed by atoms with Crippen molar-refractivity contribution in [3.05, 3.63) is 36.9 Å². The molecule has 2 atom stereocenters. The molecular formula is C18H21ClN4O3S2. The summed E-state index contributed by atoms with van der Waals surface area (Å²) in [5, 5.41) is 3.49. The summed E-state index contributed by atoms with van der Waals surface area (Å²) in [6.45, 7) is 2.62. The Hall–Kier alpha value is -1.52. The van der Waals surface area contributed by atoms with Crippen LogP contribution in [0.2, 0.25) is 4.34 Å². The summed E-state index contributed by atoms with van der Waals surface area (Å²) < 4.78 is 6.09. The lowest BCUT2D eigenvalue weighted by molar-refractivity contribution is 0.0692. The monoisotopic (exact) mass is 440 g/mol. The molecule has 1 fully saturated rings. The molecule has 2 aliphatic rings. The van der Waals surface area contributed by atoms with Gasteiger partial charge in [-0.2, -0.15) is 0 Å². The predicted molar refractivity (Wildman–Crippen MR) is 109 cm³/mol. The normalized spacial score (nSPS) is 22.3. The third-order valence-corrected chi connectivity index (χ3v) is 7.37. The third-order valence-electron chi connectivity index (χ3n) is 5.07. The second-order valence-electron chi connectivity index (χ2n) is 7.04. The molecule has 2 amide bonds. The van der Waals surface area contributed by atoms with E-state index in [1.807, 2.05) is 0 Å². The van der Waals surface area contributed by atoms with Crippen molar-refractivity contribution in [2.24, 2.45) is 0 Å². The van der Waals surface area contributed by atoms with Gasteiger partial charge in [-0.05, 0) is 19.2 Å². The van der Waals surface area contributed by atoms with Crippen LogP contribution in [0.25, 0.3) is 0 Å². The molecule has 28 heavy (non-hydrogen) atoms. The molecule has 1 N–H and O–H groups in total. The number of hydrogen-bond donors (Lipinski definition) is 1. The van der Waals surface area contributed by atoms with Gasteiger partial charge in [-0.1, -0.05) is 11.6 Å². The number of rotatable bonds is 4. The maximum Gasteiger partial charge on any atom is 0.283 e. The Morgan fingerprint density at radius 2 is 2.14 bits per heavy atom. The predicted octanol–water partition coefficient (Wildman–Crippen LogP) is 2.12. The van der Waals surface area contributed by atoms with Crippen molar-refractivity contribution in [1.82, 2.24) is 20.1 Å². The number of methoxy groups -OCH3 is 1. The minimum absolute atomic E-state index is 0.0972. The number of fused-ring (bicyclic) bond motifs is 1. The maximum atomic E-state index is 13.0. The summed E-state index contributed by atoms with van der Waals surface area (Å²) in [6.07, 6.45) is 0.613. The molecule has 4 heterocycles. The average molecular weight is 441 g/mol. The Balaban J connectivity index is 1.44. The zero-order chi connectivity index (χ0) is 19.8. The first kappa shape index (κ1) is 19.8. The van der Waals surface area contributed by atoms with Crippen LogP contribution in [0.1, 0.15) is 30.0 Å². The summed E-state index contributed by atoms with van der Waals surface area (Å²) in [6, 6.07) is 3.11. The molecular weight excluding hydrogens is 420 g/mol. The van der Waals surface area contributed by atoms with E-state index in [4.69, 9.17) is 16.3 Å². The molecule has 10 heteroatoms. The van der Waals surface area contributed by atoms with Crippen LogP contribution in [0.15, 0.2) is 12.1 Å². The topological polar surface area (TPSA) is 74.8 Å². The van der Waals surface area contributed by atoms with E-state index < -0.39 is 0 Å². The Morgan fingerprint density at radius 3 is 2.86 bits per heavy atom. The Kier molecular flexibility index (Phi) is 5.71. The molecule has 150 valence electrons. The number of likely N-dealkylation sites (N-methyl/N-ethyl adjacent to an activating group) is 1.